The maximum Gasteiger partial charge on any atom is 0.0793 e. The molecule has 0 aromatic rings. The fourth-order valence-electron chi connectivity index (χ4n) is 7.53. The summed E-state index contributed by atoms with van der Waals surface area (Å²) in [5.41, 5.74) is 4.62. The summed E-state index contributed by atoms with van der Waals surface area (Å²) in [7, 11) is 0. The molecule has 8 atom stereocenters. The van der Waals surface area contributed by atoms with Gasteiger partial charge in [0.15, 0.2) is 0 Å². The second-order valence-corrected chi connectivity index (χ2v) is 11.9. The van der Waals surface area contributed by atoms with Crippen molar-refractivity contribution in [2.45, 2.75) is 98.7 Å². The second-order valence-electron chi connectivity index (χ2n) is 11.9. The molecule has 1 fully saturated rings. The number of fused-ring (bicyclic) bond motifs is 4. The molecule has 30 heavy (non-hydrogen) atoms. The van der Waals surface area contributed by atoms with Crippen molar-refractivity contribution in [1.29, 1.82) is 0 Å². The van der Waals surface area contributed by atoms with Crippen LogP contribution in [0.1, 0.15) is 86.5 Å². The Morgan fingerprint density at radius 1 is 1.00 bits per heavy atom. The summed E-state index contributed by atoms with van der Waals surface area (Å²) < 4.78 is 0. The third-order valence-electron chi connectivity index (χ3n) is 9.93. The van der Waals surface area contributed by atoms with Crippen molar-refractivity contribution >= 4 is 0 Å². The van der Waals surface area contributed by atoms with Crippen molar-refractivity contribution < 1.29 is 10.2 Å². The summed E-state index contributed by atoms with van der Waals surface area (Å²) in [5.74, 6) is 3.16. The molecular weight excluding hydrogens is 368 g/mol. The largest absolute Gasteiger partial charge is 0.389 e. The molecule has 1 saturated carbocycles. The first-order valence-electron chi connectivity index (χ1n) is 12.6. The molecule has 0 heterocycles. The Morgan fingerprint density at radius 2 is 1.73 bits per heavy atom. The van der Waals surface area contributed by atoms with E-state index in [4.69, 9.17) is 0 Å². The lowest BCUT2D eigenvalue weighted by Gasteiger charge is -2.53. The summed E-state index contributed by atoms with van der Waals surface area (Å²) in [6.45, 7) is 14.3. The number of aliphatic hydroxyl groups is 2. The molecule has 4 aliphatic rings. The van der Waals surface area contributed by atoms with Gasteiger partial charge >= 0.3 is 0 Å². The van der Waals surface area contributed by atoms with E-state index in [9.17, 15) is 10.2 Å². The zero-order valence-electron chi connectivity index (χ0n) is 20.1. The van der Waals surface area contributed by atoms with Gasteiger partial charge in [0, 0.05) is 5.41 Å². The highest BCUT2D eigenvalue weighted by Crippen LogP contribution is 2.65. The molecule has 4 rings (SSSR count). The molecule has 4 aliphatic carbocycles. The summed E-state index contributed by atoms with van der Waals surface area (Å²) in [6, 6.07) is 0. The lowest BCUT2D eigenvalue weighted by molar-refractivity contribution is 0.0750. The molecule has 0 aromatic carbocycles. The molecule has 0 amide bonds. The Balaban J connectivity index is 1.63. The van der Waals surface area contributed by atoms with Crippen molar-refractivity contribution in [3.63, 3.8) is 0 Å². The molecule has 0 bridgehead atoms. The van der Waals surface area contributed by atoms with Gasteiger partial charge in [-0.2, -0.15) is 0 Å². The molecule has 2 heteroatoms. The predicted molar refractivity (Wildman–Crippen MR) is 125 cm³/mol. The highest BCUT2D eigenvalue weighted by Gasteiger charge is 2.56. The number of allylic oxidation sites excluding steroid dienone is 3. The number of aliphatic hydroxyl groups excluding tert-OH is 2. The van der Waals surface area contributed by atoms with Crippen LogP contribution in [0.3, 0.4) is 0 Å². The average molecular weight is 413 g/mol. The third kappa shape index (κ3) is 3.47. The maximum absolute atomic E-state index is 11.3. The zero-order valence-corrected chi connectivity index (χ0v) is 20.1. The van der Waals surface area contributed by atoms with Crippen LogP contribution in [0.2, 0.25) is 0 Å². The van der Waals surface area contributed by atoms with Crippen LogP contribution in [0, 0.1) is 40.4 Å². The number of rotatable bonds is 4. The fourth-order valence-corrected chi connectivity index (χ4v) is 7.53. The topological polar surface area (TPSA) is 40.5 Å². The minimum atomic E-state index is -0.347. The molecule has 0 spiro atoms. The van der Waals surface area contributed by atoms with Gasteiger partial charge in [-0.25, -0.2) is 0 Å². The van der Waals surface area contributed by atoms with Crippen molar-refractivity contribution in [1.82, 2.24) is 0 Å². The van der Waals surface area contributed by atoms with Gasteiger partial charge in [-0.1, -0.05) is 70.9 Å². The van der Waals surface area contributed by atoms with Crippen molar-refractivity contribution in [2.24, 2.45) is 40.4 Å². The molecule has 168 valence electrons. The van der Waals surface area contributed by atoms with E-state index in [2.05, 4.69) is 59.8 Å². The van der Waals surface area contributed by atoms with E-state index in [1.165, 1.54) is 30.4 Å². The van der Waals surface area contributed by atoms with Gasteiger partial charge in [-0.3, -0.25) is 0 Å². The number of hydrogen-bond donors (Lipinski definition) is 2. The van der Waals surface area contributed by atoms with Gasteiger partial charge in [0.25, 0.3) is 0 Å². The van der Waals surface area contributed by atoms with Crippen LogP contribution in [0.25, 0.3) is 0 Å². The first kappa shape index (κ1) is 22.3. The lowest BCUT2D eigenvalue weighted by Crippen LogP contribution is -2.45. The molecule has 4 unspecified atom stereocenters. The van der Waals surface area contributed by atoms with E-state index in [0.717, 1.165) is 25.7 Å². The average Bonchev–Trinajstić information content (AvgIpc) is 3.04. The Labute approximate surface area is 184 Å². The molecule has 2 nitrogen and oxygen atoms in total. The first-order chi connectivity index (χ1) is 14.1. The molecule has 0 aromatic heterocycles. The van der Waals surface area contributed by atoms with E-state index in [1.807, 2.05) is 0 Å². The van der Waals surface area contributed by atoms with Gasteiger partial charge in [-0.05, 0) is 85.5 Å². The fraction of sp³-hybridized carbons (Fsp3) is 0.786. The SMILES string of the molecule is CC(C)C(C)/C=C/C(C)[C@H]1CCC2C3=C(CC[C@@]21C)[C@@]1(C)CCC(O)C=C1C[C@@H]3O. The highest BCUT2D eigenvalue weighted by molar-refractivity contribution is 5.45. The van der Waals surface area contributed by atoms with Crippen LogP contribution in [-0.2, 0) is 0 Å². The highest BCUT2D eigenvalue weighted by atomic mass is 16.3. The Morgan fingerprint density at radius 3 is 2.43 bits per heavy atom. The summed E-state index contributed by atoms with van der Waals surface area (Å²) >= 11 is 0. The van der Waals surface area contributed by atoms with Gasteiger partial charge in [0.05, 0.1) is 12.2 Å². The van der Waals surface area contributed by atoms with E-state index in [0.29, 0.717) is 35.0 Å². The van der Waals surface area contributed by atoms with Crippen LogP contribution >= 0.6 is 0 Å². The molecular formula is C28H44O2. The minimum absolute atomic E-state index is 0.0748. The second kappa shape index (κ2) is 7.93. The van der Waals surface area contributed by atoms with Crippen LogP contribution in [0.5, 0.6) is 0 Å². The van der Waals surface area contributed by atoms with E-state index >= 15 is 0 Å². The van der Waals surface area contributed by atoms with Crippen molar-refractivity contribution in [2.75, 3.05) is 0 Å². The zero-order chi connectivity index (χ0) is 21.8. The first-order valence-corrected chi connectivity index (χ1v) is 12.6. The van der Waals surface area contributed by atoms with Crippen molar-refractivity contribution in [3.8, 4) is 0 Å². The van der Waals surface area contributed by atoms with Gasteiger partial charge in [0.2, 0.25) is 0 Å². The normalized spacial score (nSPS) is 43.3. The smallest absolute Gasteiger partial charge is 0.0793 e. The van der Waals surface area contributed by atoms with Crippen LogP contribution in [0.15, 0.2) is 34.9 Å². The summed E-state index contributed by atoms with van der Waals surface area (Å²) in [5, 5.41) is 21.4. The third-order valence-corrected chi connectivity index (χ3v) is 9.93. The Hall–Kier alpha value is -0.860. The van der Waals surface area contributed by atoms with Gasteiger partial charge < -0.3 is 10.2 Å². The quantitative estimate of drug-likeness (QED) is 0.521. The number of hydrogen-bond acceptors (Lipinski definition) is 2. The monoisotopic (exact) mass is 412 g/mol. The predicted octanol–water partition coefficient (Wildman–Crippen LogP) is 6.45. The van der Waals surface area contributed by atoms with Gasteiger partial charge in [-0.15, -0.1) is 0 Å². The van der Waals surface area contributed by atoms with E-state index < -0.39 is 0 Å². The van der Waals surface area contributed by atoms with Crippen LogP contribution < -0.4 is 0 Å². The molecule has 0 aliphatic heterocycles. The van der Waals surface area contributed by atoms with Gasteiger partial charge in [0.1, 0.15) is 0 Å². The standard InChI is InChI=1S/C28H44O2/c1-17(2)18(3)7-8-19(4)22-9-10-23-26-24(12-14-28(22,23)6)27(5)13-11-21(29)15-20(27)16-25(26)30/h7-8,15,17-19,21-23,25,29-30H,9-14,16H2,1-6H3/b8-7+/t18?,19?,21?,22-,23?,25+,27+,28-/m1/s1. The summed E-state index contributed by atoms with van der Waals surface area (Å²) in [6.07, 6.45) is 13.8. The molecule has 2 N–H and O–H groups in total. The van der Waals surface area contributed by atoms with Crippen LogP contribution in [0.4, 0.5) is 0 Å². The van der Waals surface area contributed by atoms with Crippen molar-refractivity contribution in [3.05, 3.63) is 34.9 Å². The van der Waals surface area contributed by atoms with E-state index in [-0.39, 0.29) is 17.6 Å². The molecule has 0 saturated heterocycles. The lowest BCUT2D eigenvalue weighted by atomic mass is 9.52. The minimum Gasteiger partial charge on any atom is -0.389 e. The summed E-state index contributed by atoms with van der Waals surface area (Å²) in [4.78, 5) is 0. The maximum atomic E-state index is 11.3. The van der Waals surface area contributed by atoms with E-state index in [1.54, 1.807) is 5.57 Å². The Bertz CT molecular complexity index is 759. The Kier molecular flexibility index (Phi) is 5.90. The molecule has 0 radical (unpaired) electrons. The van der Waals surface area contributed by atoms with Crippen LogP contribution in [-0.4, -0.2) is 22.4 Å².